The van der Waals surface area contributed by atoms with E-state index in [1.807, 2.05) is 29.2 Å². The van der Waals surface area contributed by atoms with Crippen molar-refractivity contribution in [2.75, 3.05) is 18.0 Å². The molecule has 1 N–H and O–H groups in total. The van der Waals surface area contributed by atoms with Gasteiger partial charge >= 0.3 is 5.69 Å². The zero-order valence-corrected chi connectivity index (χ0v) is 15.3. The Balaban J connectivity index is 1.46. The van der Waals surface area contributed by atoms with Gasteiger partial charge in [0.25, 0.3) is 0 Å². The molecule has 3 heterocycles. The average Bonchev–Trinajstić information content (AvgIpc) is 3.19. The van der Waals surface area contributed by atoms with E-state index in [1.54, 1.807) is 12.3 Å². The Morgan fingerprint density at radius 1 is 1.19 bits per heavy atom. The standard InChI is InChI=1S/C19H18ClN5O2/c20-15-5-3-13(4-6-15)16-12-17(23-22-16)14-7-10-24(11-8-14)19-18(25(26)27)2-1-9-21-19/h1-6,9,12,14H,7-8,10-11H2,(H,22,23). The molecule has 7 nitrogen and oxygen atoms in total. The van der Waals surface area contributed by atoms with Crippen LogP contribution in [0.3, 0.4) is 0 Å². The highest BCUT2D eigenvalue weighted by Crippen LogP contribution is 2.33. The highest BCUT2D eigenvalue weighted by atomic mass is 35.5. The number of piperidine rings is 1. The van der Waals surface area contributed by atoms with Crippen LogP contribution in [0.5, 0.6) is 0 Å². The van der Waals surface area contributed by atoms with Gasteiger partial charge in [0.2, 0.25) is 5.82 Å². The number of H-pyrrole nitrogens is 1. The number of hydrogen-bond acceptors (Lipinski definition) is 5. The highest BCUT2D eigenvalue weighted by Gasteiger charge is 2.27. The van der Waals surface area contributed by atoms with Gasteiger partial charge in [0.05, 0.1) is 10.6 Å². The molecular formula is C19H18ClN5O2. The first-order valence-corrected chi connectivity index (χ1v) is 9.15. The van der Waals surface area contributed by atoms with Crippen LogP contribution >= 0.6 is 11.6 Å². The Kier molecular flexibility index (Phi) is 4.77. The number of nitrogens with zero attached hydrogens (tertiary/aromatic N) is 4. The molecule has 1 aliphatic rings. The Morgan fingerprint density at radius 3 is 2.63 bits per heavy atom. The molecule has 0 spiro atoms. The van der Waals surface area contributed by atoms with E-state index >= 15 is 0 Å². The van der Waals surface area contributed by atoms with E-state index < -0.39 is 0 Å². The van der Waals surface area contributed by atoms with Crippen LogP contribution in [0.2, 0.25) is 5.02 Å². The van der Waals surface area contributed by atoms with Crippen molar-refractivity contribution < 1.29 is 4.92 Å². The Labute approximate surface area is 161 Å². The van der Waals surface area contributed by atoms with E-state index in [9.17, 15) is 10.1 Å². The second-order valence-electron chi connectivity index (χ2n) is 6.58. The molecule has 4 rings (SSSR count). The van der Waals surface area contributed by atoms with E-state index in [-0.39, 0.29) is 10.6 Å². The van der Waals surface area contributed by atoms with Gasteiger partial charge < -0.3 is 4.90 Å². The molecule has 1 aliphatic heterocycles. The quantitative estimate of drug-likeness (QED) is 0.532. The van der Waals surface area contributed by atoms with Crippen LogP contribution in [0.4, 0.5) is 11.5 Å². The molecule has 1 aromatic carbocycles. The van der Waals surface area contributed by atoms with Gasteiger partial charge in [-0.25, -0.2) is 4.98 Å². The molecule has 0 amide bonds. The lowest BCUT2D eigenvalue weighted by Crippen LogP contribution is -2.34. The molecule has 1 saturated heterocycles. The van der Waals surface area contributed by atoms with Crippen LogP contribution in [0.25, 0.3) is 11.3 Å². The number of hydrogen-bond donors (Lipinski definition) is 1. The average molecular weight is 384 g/mol. The molecular weight excluding hydrogens is 366 g/mol. The SMILES string of the molecule is O=[N+]([O-])c1cccnc1N1CCC(c2cc(-c3ccc(Cl)cc3)n[nH]2)CC1. The molecule has 0 bridgehead atoms. The minimum atomic E-state index is -0.373. The number of pyridine rings is 1. The minimum absolute atomic E-state index is 0.0579. The fourth-order valence-corrected chi connectivity index (χ4v) is 3.62. The maximum absolute atomic E-state index is 11.2. The highest BCUT2D eigenvalue weighted by molar-refractivity contribution is 6.30. The third kappa shape index (κ3) is 3.64. The summed E-state index contributed by atoms with van der Waals surface area (Å²) in [7, 11) is 0. The Bertz CT molecular complexity index is 949. The van der Waals surface area contributed by atoms with Crippen molar-refractivity contribution in [3.05, 3.63) is 69.5 Å². The Hall–Kier alpha value is -2.93. The van der Waals surface area contributed by atoms with E-state index in [1.165, 1.54) is 6.07 Å². The van der Waals surface area contributed by atoms with Crippen LogP contribution in [-0.4, -0.2) is 33.2 Å². The number of rotatable bonds is 4. The fraction of sp³-hybridized carbons (Fsp3) is 0.263. The number of nitro groups is 1. The molecule has 1 fully saturated rings. The summed E-state index contributed by atoms with van der Waals surface area (Å²) in [6, 6.07) is 12.8. The summed E-state index contributed by atoms with van der Waals surface area (Å²) in [5, 5.41) is 19.5. The molecule has 0 unspecified atom stereocenters. The molecule has 0 atom stereocenters. The molecule has 0 aliphatic carbocycles. The maximum Gasteiger partial charge on any atom is 0.311 e. The van der Waals surface area contributed by atoms with Gasteiger partial charge in [0.15, 0.2) is 0 Å². The first-order chi connectivity index (χ1) is 13.1. The molecule has 8 heteroatoms. The fourth-order valence-electron chi connectivity index (χ4n) is 3.49. The summed E-state index contributed by atoms with van der Waals surface area (Å²) < 4.78 is 0. The number of nitrogens with one attached hydrogen (secondary N) is 1. The number of aromatic nitrogens is 3. The Morgan fingerprint density at radius 2 is 1.93 bits per heavy atom. The lowest BCUT2D eigenvalue weighted by molar-refractivity contribution is -0.384. The summed E-state index contributed by atoms with van der Waals surface area (Å²) in [5.41, 5.74) is 3.06. The molecule has 27 heavy (non-hydrogen) atoms. The van der Waals surface area contributed by atoms with Crippen molar-refractivity contribution in [1.82, 2.24) is 15.2 Å². The lowest BCUT2D eigenvalue weighted by Gasteiger charge is -2.31. The van der Waals surface area contributed by atoms with Crippen LogP contribution < -0.4 is 4.90 Å². The number of anilines is 1. The van der Waals surface area contributed by atoms with Crippen LogP contribution in [-0.2, 0) is 0 Å². The van der Waals surface area contributed by atoms with Gasteiger partial charge in [-0.05, 0) is 37.1 Å². The van der Waals surface area contributed by atoms with Gasteiger partial charge in [-0.3, -0.25) is 15.2 Å². The van der Waals surface area contributed by atoms with E-state index in [4.69, 9.17) is 11.6 Å². The summed E-state index contributed by atoms with van der Waals surface area (Å²) in [6.07, 6.45) is 3.37. The molecule has 3 aromatic rings. The zero-order chi connectivity index (χ0) is 18.8. The molecule has 0 radical (unpaired) electrons. The largest absolute Gasteiger partial charge is 0.351 e. The van der Waals surface area contributed by atoms with Crippen LogP contribution in [0, 0.1) is 10.1 Å². The second kappa shape index (κ2) is 7.36. The third-order valence-electron chi connectivity index (χ3n) is 4.93. The maximum atomic E-state index is 11.2. The van der Waals surface area contributed by atoms with E-state index in [2.05, 4.69) is 21.2 Å². The van der Waals surface area contributed by atoms with Crippen molar-refractivity contribution >= 4 is 23.1 Å². The zero-order valence-electron chi connectivity index (χ0n) is 14.5. The van der Waals surface area contributed by atoms with E-state index in [0.717, 1.165) is 42.9 Å². The smallest absolute Gasteiger partial charge is 0.311 e. The minimum Gasteiger partial charge on any atom is -0.351 e. The topological polar surface area (TPSA) is 87.9 Å². The van der Waals surface area contributed by atoms with Gasteiger partial charge in [-0.1, -0.05) is 23.7 Å². The number of benzene rings is 1. The van der Waals surface area contributed by atoms with Gasteiger partial charge in [-0.2, -0.15) is 5.10 Å². The van der Waals surface area contributed by atoms with Crippen LogP contribution in [0.15, 0.2) is 48.7 Å². The van der Waals surface area contributed by atoms with Crippen molar-refractivity contribution in [3.63, 3.8) is 0 Å². The normalized spacial score (nSPS) is 15.1. The van der Waals surface area contributed by atoms with Gasteiger partial charge in [0.1, 0.15) is 0 Å². The summed E-state index contributed by atoms with van der Waals surface area (Å²) >= 11 is 5.94. The van der Waals surface area contributed by atoms with Gasteiger partial charge in [0, 0.05) is 47.6 Å². The predicted molar refractivity (Wildman–Crippen MR) is 104 cm³/mol. The van der Waals surface area contributed by atoms with Crippen molar-refractivity contribution in [1.29, 1.82) is 0 Å². The lowest BCUT2D eigenvalue weighted by atomic mass is 9.93. The summed E-state index contributed by atoms with van der Waals surface area (Å²) in [5.74, 6) is 0.796. The van der Waals surface area contributed by atoms with Crippen LogP contribution in [0.1, 0.15) is 24.5 Å². The first-order valence-electron chi connectivity index (χ1n) is 8.77. The number of aromatic amines is 1. The summed E-state index contributed by atoms with van der Waals surface area (Å²) in [6.45, 7) is 1.44. The van der Waals surface area contributed by atoms with E-state index in [0.29, 0.717) is 16.8 Å². The molecule has 0 saturated carbocycles. The third-order valence-corrected chi connectivity index (χ3v) is 5.19. The predicted octanol–water partition coefficient (Wildman–Crippen LogP) is 4.42. The van der Waals surface area contributed by atoms with Crippen molar-refractivity contribution in [2.24, 2.45) is 0 Å². The summed E-state index contributed by atoms with van der Waals surface area (Å²) in [4.78, 5) is 17.1. The van der Waals surface area contributed by atoms with Crippen molar-refractivity contribution in [3.8, 4) is 11.3 Å². The second-order valence-corrected chi connectivity index (χ2v) is 7.02. The molecule has 2 aromatic heterocycles. The van der Waals surface area contributed by atoms with Crippen molar-refractivity contribution in [2.45, 2.75) is 18.8 Å². The monoisotopic (exact) mass is 383 g/mol. The molecule has 138 valence electrons. The first kappa shape index (κ1) is 17.5. The van der Waals surface area contributed by atoms with Gasteiger partial charge in [-0.15, -0.1) is 0 Å². The number of halogens is 1.